The molecule has 90 valence electrons. The van der Waals surface area contributed by atoms with Gasteiger partial charge in [0.25, 0.3) is 0 Å². The van der Waals surface area contributed by atoms with Gasteiger partial charge >= 0.3 is 0 Å². The van der Waals surface area contributed by atoms with Crippen LogP contribution in [0.3, 0.4) is 0 Å². The molecule has 2 rings (SSSR count). The van der Waals surface area contributed by atoms with Gasteiger partial charge in [0.15, 0.2) is 0 Å². The van der Waals surface area contributed by atoms with Gasteiger partial charge in [-0.2, -0.15) is 0 Å². The third-order valence-electron chi connectivity index (χ3n) is 2.54. The third kappa shape index (κ3) is 2.93. The van der Waals surface area contributed by atoms with Gasteiger partial charge in [0, 0.05) is 16.5 Å². The van der Waals surface area contributed by atoms with Gasteiger partial charge in [0.1, 0.15) is 5.82 Å². The molecule has 0 radical (unpaired) electrons. The number of halogens is 2. The minimum atomic E-state index is -0.344. The van der Waals surface area contributed by atoms with E-state index in [1.54, 1.807) is 0 Å². The fraction of sp³-hybridized carbons (Fsp3) is 0.273. The van der Waals surface area contributed by atoms with Crippen molar-refractivity contribution in [2.24, 2.45) is 5.92 Å². The van der Waals surface area contributed by atoms with Gasteiger partial charge in [-0.3, -0.25) is 9.59 Å². The van der Waals surface area contributed by atoms with E-state index < -0.39 is 0 Å². The first-order valence-electron chi connectivity index (χ1n) is 5.09. The average Bonchev–Trinajstić information content (AvgIpc) is 2.69. The lowest BCUT2D eigenvalue weighted by Crippen LogP contribution is -2.25. The van der Waals surface area contributed by atoms with Crippen molar-refractivity contribution >= 4 is 40.1 Å². The zero-order chi connectivity index (χ0) is 12.4. The maximum absolute atomic E-state index is 12.9. The summed E-state index contributed by atoms with van der Waals surface area (Å²) < 4.78 is 13.5. The fourth-order valence-electron chi connectivity index (χ4n) is 1.62. The lowest BCUT2D eigenvalue weighted by molar-refractivity contribution is -0.123. The van der Waals surface area contributed by atoms with Crippen molar-refractivity contribution in [3.8, 4) is 0 Å². The van der Waals surface area contributed by atoms with Crippen molar-refractivity contribution in [2.45, 2.75) is 6.42 Å². The van der Waals surface area contributed by atoms with E-state index in [9.17, 15) is 14.0 Å². The molecule has 17 heavy (non-hydrogen) atoms. The lowest BCUT2D eigenvalue weighted by atomic mass is 10.1. The van der Waals surface area contributed by atoms with Gasteiger partial charge in [0.05, 0.1) is 11.6 Å². The van der Waals surface area contributed by atoms with Crippen LogP contribution in [0.25, 0.3) is 0 Å². The highest BCUT2D eigenvalue weighted by Crippen LogP contribution is 2.20. The van der Waals surface area contributed by atoms with E-state index in [2.05, 4.69) is 10.6 Å². The molecule has 2 amide bonds. The van der Waals surface area contributed by atoms with E-state index in [-0.39, 0.29) is 30.0 Å². The van der Waals surface area contributed by atoms with Gasteiger partial charge in [0.2, 0.25) is 11.8 Å². The summed E-state index contributed by atoms with van der Waals surface area (Å²) >= 11 is 1.95. The Kier molecular flexibility index (Phi) is 3.60. The van der Waals surface area contributed by atoms with E-state index in [1.165, 1.54) is 18.2 Å². The van der Waals surface area contributed by atoms with Crippen LogP contribution >= 0.6 is 22.6 Å². The van der Waals surface area contributed by atoms with Crippen LogP contribution in [0.4, 0.5) is 10.1 Å². The second kappa shape index (κ2) is 4.99. The van der Waals surface area contributed by atoms with Crippen molar-refractivity contribution in [3.05, 3.63) is 27.6 Å². The van der Waals surface area contributed by atoms with Gasteiger partial charge in [-0.05, 0) is 40.8 Å². The zero-order valence-corrected chi connectivity index (χ0v) is 11.0. The van der Waals surface area contributed by atoms with Crippen molar-refractivity contribution in [1.82, 2.24) is 5.32 Å². The van der Waals surface area contributed by atoms with Crippen LogP contribution in [0.15, 0.2) is 18.2 Å². The van der Waals surface area contributed by atoms with Crippen LogP contribution in [0.5, 0.6) is 0 Å². The van der Waals surface area contributed by atoms with Gasteiger partial charge in [-0.25, -0.2) is 4.39 Å². The number of hydrogen-bond donors (Lipinski definition) is 2. The predicted octanol–water partition coefficient (Wildman–Crippen LogP) is 1.50. The maximum atomic E-state index is 12.9. The summed E-state index contributed by atoms with van der Waals surface area (Å²) in [6.07, 6.45) is 0.212. The highest BCUT2D eigenvalue weighted by molar-refractivity contribution is 14.1. The topological polar surface area (TPSA) is 58.2 Å². The molecule has 0 saturated carbocycles. The number of nitrogens with one attached hydrogen (secondary N) is 2. The van der Waals surface area contributed by atoms with Crippen LogP contribution in [-0.4, -0.2) is 18.4 Å². The molecule has 0 aliphatic carbocycles. The van der Waals surface area contributed by atoms with E-state index in [0.29, 0.717) is 15.8 Å². The molecule has 1 atom stereocenters. The molecule has 1 saturated heterocycles. The summed E-state index contributed by atoms with van der Waals surface area (Å²) in [4.78, 5) is 22.8. The Morgan fingerprint density at radius 3 is 2.88 bits per heavy atom. The smallest absolute Gasteiger partial charge is 0.229 e. The molecule has 1 aliphatic heterocycles. The molecule has 1 aromatic carbocycles. The van der Waals surface area contributed by atoms with Crippen molar-refractivity contribution in [1.29, 1.82) is 0 Å². The largest absolute Gasteiger partial charge is 0.355 e. The number of hydrogen-bond acceptors (Lipinski definition) is 2. The predicted molar refractivity (Wildman–Crippen MR) is 68.9 cm³/mol. The van der Waals surface area contributed by atoms with Crippen molar-refractivity contribution in [3.63, 3.8) is 0 Å². The lowest BCUT2D eigenvalue weighted by Gasteiger charge is -2.10. The van der Waals surface area contributed by atoms with Crippen molar-refractivity contribution in [2.75, 3.05) is 11.9 Å². The molecule has 0 spiro atoms. The summed E-state index contributed by atoms with van der Waals surface area (Å²) in [5.74, 6) is -1.01. The SMILES string of the molecule is O=C1CC(C(=O)Nc2ccc(F)cc2I)CN1. The van der Waals surface area contributed by atoms with E-state index >= 15 is 0 Å². The summed E-state index contributed by atoms with van der Waals surface area (Å²) in [6.45, 7) is 0.364. The first-order chi connectivity index (χ1) is 8.06. The first-order valence-corrected chi connectivity index (χ1v) is 6.17. The standard InChI is InChI=1S/C11H10FIN2O2/c12-7-1-2-9(8(13)4-7)15-11(17)6-3-10(16)14-5-6/h1-2,4,6H,3,5H2,(H,14,16)(H,15,17). The van der Waals surface area contributed by atoms with Crippen LogP contribution in [0.2, 0.25) is 0 Å². The summed E-state index contributed by atoms with van der Waals surface area (Å²) in [7, 11) is 0. The maximum Gasteiger partial charge on any atom is 0.229 e. The molecular formula is C11H10FIN2O2. The van der Waals surface area contributed by atoms with Crippen LogP contribution < -0.4 is 10.6 Å². The molecule has 1 aliphatic rings. The van der Waals surface area contributed by atoms with Crippen LogP contribution in [0, 0.1) is 15.3 Å². The number of rotatable bonds is 2. The fourth-order valence-corrected chi connectivity index (χ4v) is 2.23. The minimum Gasteiger partial charge on any atom is -0.355 e. The summed E-state index contributed by atoms with van der Waals surface area (Å²) in [5, 5.41) is 5.29. The second-order valence-electron chi connectivity index (χ2n) is 3.82. The van der Waals surface area contributed by atoms with E-state index in [0.717, 1.165) is 0 Å². The second-order valence-corrected chi connectivity index (χ2v) is 4.98. The first kappa shape index (κ1) is 12.3. The highest BCUT2D eigenvalue weighted by Gasteiger charge is 2.28. The summed E-state index contributed by atoms with van der Waals surface area (Å²) in [6, 6.07) is 4.14. The molecule has 0 bridgehead atoms. The molecule has 1 heterocycles. The van der Waals surface area contributed by atoms with Gasteiger partial charge in [-0.1, -0.05) is 0 Å². The number of carbonyl (C=O) groups excluding carboxylic acids is 2. The quantitative estimate of drug-likeness (QED) is 0.796. The van der Waals surface area contributed by atoms with Gasteiger partial charge < -0.3 is 10.6 Å². The van der Waals surface area contributed by atoms with Gasteiger partial charge in [-0.15, -0.1) is 0 Å². The Morgan fingerprint density at radius 1 is 1.53 bits per heavy atom. The highest BCUT2D eigenvalue weighted by atomic mass is 127. The Balaban J connectivity index is 2.05. The molecule has 2 N–H and O–H groups in total. The molecule has 0 aromatic heterocycles. The number of anilines is 1. The number of benzene rings is 1. The van der Waals surface area contributed by atoms with Crippen molar-refractivity contribution < 1.29 is 14.0 Å². The van der Waals surface area contributed by atoms with Crippen LogP contribution in [0.1, 0.15) is 6.42 Å². The summed E-state index contributed by atoms with van der Waals surface area (Å²) in [5.41, 5.74) is 0.566. The molecule has 1 unspecified atom stereocenters. The molecular weight excluding hydrogens is 338 g/mol. The van der Waals surface area contributed by atoms with Crippen LogP contribution in [-0.2, 0) is 9.59 Å². The molecule has 1 fully saturated rings. The Labute approximate surface area is 111 Å². The molecule has 6 heteroatoms. The number of amides is 2. The molecule has 1 aromatic rings. The van der Waals surface area contributed by atoms with E-state index in [4.69, 9.17) is 0 Å². The number of carbonyl (C=O) groups is 2. The zero-order valence-electron chi connectivity index (χ0n) is 8.80. The monoisotopic (exact) mass is 348 g/mol. The third-order valence-corrected chi connectivity index (χ3v) is 3.43. The van der Waals surface area contributed by atoms with E-state index in [1.807, 2.05) is 22.6 Å². The Hall–Kier alpha value is -1.18. The normalized spacial score (nSPS) is 18.9. The molecule has 4 nitrogen and oxygen atoms in total. The Morgan fingerprint density at radius 2 is 2.29 bits per heavy atom. The Bertz CT molecular complexity index is 479. The minimum absolute atomic E-state index is 0.112. The average molecular weight is 348 g/mol.